The van der Waals surface area contributed by atoms with Crippen molar-refractivity contribution in [1.29, 1.82) is 0 Å². The number of hydrogen-bond acceptors (Lipinski definition) is 2. The summed E-state index contributed by atoms with van der Waals surface area (Å²) in [7, 11) is 1.80. The Kier molecular flexibility index (Phi) is 4.41. The Hall–Kier alpha value is -0.280. The lowest BCUT2D eigenvalue weighted by molar-refractivity contribution is -0.136. The van der Waals surface area contributed by atoms with Crippen LogP contribution in [-0.4, -0.2) is 42.5 Å². The minimum Gasteiger partial charge on any atom is -0.374 e. The minimum absolute atomic E-state index is 0.0141. The first-order valence-electron chi connectivity index (χ1n) is 5.45. The van der Waals surface area contributed by atoms with E-state index in [1.807, 2.05) is 13.8 Å². The molecule has 0 bridgehead atoms. The molecule has 0 aliphatic carbocycles. The summed E-state index contributed by atoms with van der Waals surface area (Å²) in [6.45, 7) is 6.67. The number of hydrogen-bond donors (Lipinski definition) is 0. The number of ether oxygens (including phenoxy) is 1. The first-order valence-corrected chi connectivity index (χ1v) is 5.99. The normalized spacial score (nSPS) is 35.5. The zero-order valence-corrected chi connectivity index (χ0v) is 10.6. The highest BCUT2D eigenvalue weighted by Gasteiger charge is 2.42. The second-order valence-electron chi connectivity index (χ2n) is 4.38. The summed E-state index contributed by atoms with van der Waals surface area (Å²) >= 11 is 5.62. The van der Waals surface area contributed by atoms with Crippen molar-refractivity contribution in [2.75, 3.05) is 19.5 Å². The standard InChI is InChI=1S/C11H20ClNO2/c1-7-8(2)15-9(3)10(7)11(14)13(4)6-5-12/h7-10H,5-6H2,1-4H3. The summed E-state index contributed by atoms with van der Waals surface area (Å²) in [6.07, 6.45) is 0.179. The van der Waals surface area contributed by atoms with Crippen molar-refractivity contribution in [1.82, 2.24) is 4.90 Å². The van der Waals surface area contributed by atoms with Gasteiger partial charge in [-0.3, -0.25) is 4.79 Å². The fraction of sp³-hybridized carbons (Fsp3) is 0.909. The number of alkyl halides is 1. The minimum atomic E-state index is -0.0202. The van der Waals surface area contributed by atoms with Crippen molar-refractivity contribution in [3.8, 4) is 0 Å². The van der Waals surface area contributed by atoms with E-state index in [2.05, 4.69) is 6.92 Å². The molecule has 1 saturated heterocycles. The Morgan fingerprint density at radius 1 is 1.33 bits per heavy atom. The van der Waals surface area contributed by atoms with Gasteiger partial charge in [-0.05, 0) is 19.8 Å². The fourth-order valence-corrected chi connectivity index (χ4v) is 2.44. The van der Waals surface area contributed by atoms with E-state index in [0.717, 1.165) is 0 Å². The first kappa shape index (κ1) is 12.8. The molecule has 1 aliphatic heterocycles. The van der Waals surface area contributed by atoms with Crippen molar-refractivity contribution in [2.45, 2.75) is 33.0 Å². The number of carbonyl (C=O) groups is 1. The van der Waals surface area contributed by atoms with E-state index in [1.54, 1.807) is 11.9 Å². The molecule has 3 nitrogen and oxygen atoms in total. The van der Waals surface area contributed by atoms with Crippen LogP contribution in [0.15, 0.2) is 0 Å². The van der Waals surface area contributed by atoms with Crippen molar-refractivity contribution >= 4 is 17.5 Å². The lowest BCUT2D eigenvalue weighted by Crippen LogP contribution is -2.39. The molecule has 4 heteroatoms. The van der Waals surface area contributed by atoms with Crippen LogP contribution < -0.4 is 0 Å². The van der Waals surface area contributed by atoms with Crippen LogP contribution in [0.4, 0.5) is 0 Å². The summed E-state index contributed by atoms with van der Waals surface area (Å²) in [6, 6.07) is 0. The van der Waals surface area contributed by atoms with Gasteiger partial charge in [0.25, 0.3) is 0 Å². The number of amides is 1. The third-order valence-corrected chi connectivity index (χ3v) is 3.49. The molecule has 0 spiro atoms. The molecule has 0 saturated carbocycles. The molecular weight excluding hydrogens is 214 g/mol. The Balaban J connectivity index is 2.66. The Bertz CT molecular complexity index is 235. The fourth-order valence-electron chi connectivity index (χ4n) is 2.18. The molecule has 1 heterocycles. The molecule has 4 atom stereocenters. The quantitative estimate of drug-likeness (QED) is 0.695. The molecule has 4 unspecified atom stereocenters. The van der Waals surface area contributed by atoms with Crippen molar-refractivity contribution in [3.63, 3.8) is 0 Å². The van der Waals surface area contributed by atoms with Crippen molar-refractivity contribution < 1.29 is 9.53 Å². The highest BCUT2D eigenvalue weighted by Crippen LogP contribution is 2.33. The van der Waals surface area contributed by atoms with Crippen LogP contribution in [0.2, 0.25) is 0 Å². The molecule has 0 aromatic heterocycles. The highest BCUT2D eigenvalue weighted by atomic mass is 35.5. The van der Waals surface area contributed by atoms with Crippen LogP contribution in [0.3, 0.4) is 0 Å². The van der Waals surface area contributed by atoms with Gasteiger partial charge in [-0.2, -0.15) is 0 Å². The number of rotatable bonds is 3. The van der Waals surface area contributed by atoms with Gasteiger partial charge in [0, 0.05) is 19.5 Å². The van der Waals surface area contributed by atoms with E-state index in [9.17, 15) is 4.79 Å². The van der Waals surface area contributed by atoms with E-state index in [4.69, 9.17) is 16.3 Å². The summed E-state index contributed by atoms with van der Waals surface area (Å²) in [5.74, 6) is 0.896. The van der Waals surface area contributed by atoms with Gasteiger partial charge < -0.3 is 9.64 Å². The van der Waals surface area contributed by atoms with Gasteiger partial charge in [-0.25, -0.2) is 0 Å². The molecule has 1 aliphatic rings. The maximum atomic E-state index is 12.1. The van der Waals surface area contributed by atoms with Gasteiger partial charge in [0.2, 0.25) is 5.91 Å². The van der Waals surface area contributed by atoms with Gasteiger partial charge >= 0.3 is 0 Å². The monoisotopic (exact) mass is 233 g/mol. The van der Waals surface area contributed by atoms with Gasteiger partial charge in [0.05, 0.1) is 18.1 Å². The van der Waals surface area contributed by atoms with Crippen molar-refractivity contribution in [2.24, 2.45) is 11.8 Å². The van der Waals surface area contributed by atoms with E-state index in [1.165, 1.54) is 0 Å². The summed E-state index contributed by atoms with van der Waals surface area (Å²) in [5.41, 5.74) is 0. The van der Waals surface area contributed by atoms with Crippen LogP contribution in [0.1, 0.15) is 20.8 Å². The summed E-state index contributed by atoms with van der Waals surface area (Å²) in [4.78, 5) is 13.8. The number of halogens is 1. The molecular formula is C11H20ClNO2. The molecule has 0 aromatic carbocycles. The number of carbonyl (C=O) groups excluding carboxylic acids is 1. The average Bonchev–Trinajstić information content (AvgIpc) is 2.41. The lowest BCUT2D eigenvalue weighted by atomic mass is 9.88. The van der Waals surface area contributed by atoms with Crippen LogP contribution in [-0.2, 0) is 9.53 Å². The third kappa shape index (κ3) is 2.64. The molecule has 0 radical (unpaired) electrons. The maximum Gasteiger partial charge on any atom is 0.228 e. The van der Waals surface area contributed by atoms with E-state index >= 15 is 0 Å². The zero-order valence-electron chi connectivity index (χ0n) is 9.87. The molecule has 0 aromatic rings. The lowest BCUT2D eigenvalue weighted by Gasteiger charge is -2.24. The van der Waals surface area contributed by atoms with Gasteiger partial charge in [0.15, 0.2) is 0 Å². The van der Waals surface area contributed by atoms with E-state index in [-0.39, 0.29) is 30.0 Å². The van der Waals surface area contributed by atoms with E-state index < -0.39 is 0 Å². The smallest absolute Gasteiger partial charge is 0.228 e. The summed E-state index contributed by atoms with van der Waals surface area (Å²) < 4.78 is 5.65. The van der Waals surface area contributed by atoms with Crippen LogP contribution in [0.25, 0.3) is 0 Å². The average molecular weight is 234 g/mol. The Morgan fingerprint density at radius 3 is 2.33 bits per heavy atom. The van der Waals surface area contributed by atoms with Crippen LogP contribution in [0, 0.1) is 11.8 Å². The second-order valence-corrected chi connectivity index (χ2v) is 4.76. The predicted octanol–water partition coefficient (Wildman–Crippen LogP) is 1.74. The topological polar surface area (TPSA) is 29.5 Å². The highest BCUT2D eigenvalue weighted by molar-refractivity contribution is 6.18. The Morgan fingerprint density at radius 2 is 1.93 bits per heavy atom. The molecule has 1 fully saturated rings. The second kappa shape index (κ2) is 5.17. The Labute approximate surface area is 96.7 Å². The first-order chi connectivity index (χ1) is 6.99. The van der Waals surface area contributed by atoms with Crippen molar-refractivity contribution in [3.05, 3.63) is 0 Å². The zero-order chi connectivity index (χ0) is 11.6. The summed E-state index contributed by atoms with van der Waals surface area (Å²) in [5, 5.41) is 0. The molecule has 1 rings (SSSR count). The van der Waals surface area contributed by atoms with Gasteiger partial charge in [-0.15, -0.1) is 11.6 Å². The third-order valence-electron chi connectivity index (χ3n) is 3.32. The molecule has 1 amide bonds. The predicted molar refractivity (Wildman–Crippen MR) is 61.0 cm³/mol. The number of nitrogens with zero attached hydrogens (tertiary/aromatic N) is 1. The molecule has 0 N–H and O–H groups in total. The maximum absolute atomic E-state index is 12.1. The van der Waals surface area contributed by atoms with Crippen LogP contribution >= 0.6 is 11.6 Å². The SMILES string of the molecule is CC1OC(C)C(C(=O)N(C)CCCl)C1C. The molecule has 15 heavy (non-hydrogen) atoms. The van der Waals surface area contributed by atoms with Gasteiger partial charge in [-0.1, -0.05) is 6.92 Å². The van der Waals surface area contributed by atoms with E-state index in [0.29, 0.717) is 12.4 Å². The molecule has 88 valence electrons. The largest absolute Gasteiger partial charge is 0.374 e. The van der Waals surface area contributed by atoms with Gasteiger partial charge in [0.1, 0.15) is 0 Å². The van der Waals surface area contributed by atoms with Crippen LogP contribution in [0.5, 0.6) is 0 Å².